The van der Waals surface area contributed by atoms with Crippen LogP contribution in [0.3, 0.4) is 0 Å². The Morgan fingerprint density at radius 3 is 3.06 bits per heavy atom. The summed E-state index contributed by atoms with van der Waals surface area (Å²) in [5.41, 5.74) is 2.05. The molecule has 0 spiro atoms. The normalized spacial score (nSPS) is 12.4. The third kappa shape index (κ3) is 3.17. The lowest BCUT2D eigenvalue weighted by Gasteiger charge is -2.10. The van der Waals surface area contributed by atoms with Crippen molar-refractivity contribution in [1.82, 2.24) is 15.3 Å². The maximum atomic E-state index is 11.8. The molecular weight excluding hydrogens is 234 g/mol. The molecule has 0 aliphatic heterocycles. The number of H-pyrrole nitrogens is 1. The largest absolute Gasteiger partial charge is 0.346 e. The first kappa shape index (κ1) is 11.9. The van der Waals surface area contributed by atoms with E-state index in [1.807, 2.05) is 30.7 Å². The lowest BCUT2D eigenvalue weighted by Crippen LogP contribution is -2.28. The smallest absolute Gasteiger partial charge is 0.225 e. The van der Waals surface area contributed by atoms with E-state index < -0.39 is 0 Å². The molecule has 0 fully saturated rings. The molecule has 2 N–H and O–H groups in total. The van der Waals surface area contributed by atoms with E-state index in [0.717, 1.165) is 17.1 Å². The molecule has 90 valence electrons. The summed E-state index contributed by atoms with van der Waals surface area (Å²) in [6.07, 6.45) is 2.18. The number of hydrogen-bond donors (Lipinski definition) is 2. The Morgan fingerprint density at radius 1 is 1.65 bits per heavy atom. The average molecular weight is 249 g/mol. The van der Waals surface area contributed by atoms with Crippen molar-refractivity contribution >= 4 is 17.2 Å². The topological polar surface area (TPSA) is 57.8 Å². The van der Waals surface area contributed by atoms with Crippen molar-refractivity contribution in [2.75, 3.05) is 0 Å². The summed E-state index contributed by atoms with van der Waals surface area (Å²) >= 11 is 1.60. The molecule has 1 atom stereocenters. The van der Waals surface area contributed by atoms with Crippen LogP contribution in [0.1, 0.15) is 30.0 Å². The first-order valence-corrected chi connectivity index (χ1v) is 6.41. The SMILES string of the molecule is Cc1cnc([C@@H](C)NC(=O)Cc2ccsc2)[nH]1. The molecule has 2 rings (SSSR count). The van der Waals surface area contributed by atoms with Crippen LogP contribution in [0.25, 0.3) is 0 Å². The number of rotatable bonds is 4. The van der Waals surface area contributed by atoms with E-state index in [4.69, 9.17) is 0 Å². The standard InChI is InChI=1S/C12H15N3OS/c1-8-6-13-12(14-8)9(2)15-11(16)5-10-3-4-17-7-10/h3-4,6-7,9H,5H2,1-2H3,(H,13,14)(H,15,16)/t9-/m1/s1. The molecule has 4 nitrogen and oxygen atoms in total. The molecule has 2 aromatic heterocycles. The lowest BCUT2D eigenvalue weighted by molar-refractivity contribution is -0.121. The minimum absolute atomic E-state index is 0.0185. The third-order valence-electron chi connectivity index (χ3n) is 2.45. The van der Waals surface area contributed by atoms with Gasteiger partial charge in [-0.1, -0.05) is 0 Å². The quantitative estimate of drug-likeness (QED) is 0.872. The van der Waals surface area contributed by atoms with Gasteiger partial charge in [-0.2, -0.15) is 11.3 Å². The Balaban J connectivity index is 1.90. The van der Waals surface area contributed by atoms with Crippen LogP contribution in [0.4, 0.5) is 0 Å². The number of aromatic nitrogens is 2. The van der Waals surface area contributed by atoms with Gasteiger partial charge < -0.3 is 10.3 Å². The van der Waals surface area contributed by atoms with Gasteiger partial charge in [0.15, 0.2) is 0 Å². The maximum Gasteiger partial charge on any atom is 0.225 e. The number of aryl methyl sites for hydroxylation is 1. The monoisotopic (exact) mass is 249 g/mol. The van der Waals surface area contributed by atoms with Crippen LogP contribution >= 0.6 is 11.3 Å². The minimum atomic E-state index is -0.0881. The Morgan fingerprint density at radius 2 is 2.47 bits per heavy atom. The second kappa shape index (κ2) is 5.14. The Bertz CT molecular complexity index is 490. The van der Waals surface area contributed by atoms with Crippen molar-refractivity contribution in [3.8, 4) is 0 Å². The Kier molecular flexibility index (Phi) is 3.58. The molecule has 0 aliphatic rings. The molecular formula is C12H15N3OS. The van der Waals surface area contributed by atoms with Gasteiger partial charge in [-0.05, 0) is 36.2 Å². The number of nitrogens with one attached hydrogen (secondary N) is 2. The zero-order chi connectivity index (χ0) is 12.3. The second-order valence-corrected chi connectivity index (χ2v) is 4.83. The van der Waals surface area contributed by atoms with Gasteiger partial charge in [-0.3, -0.25) is 4.79 Å². The number of imidazole rings is 1. The van der Waals surface area contributed by atoms with Crippen LogP contribution in [-0.4, -0.2) is 15.9 Å². The van der Waals surface area contributed by atoms with Gasteiger partial charge in [0.1, 0.15) is 5.82 Å². The van der Waals surface area contributed by atoms with Crippen LogP contribution in [-0.2, 0) is 11.2 Å². The fourth-order valence-corrected chi connectivity index (χ4v) is 2.26. The first-order valence-electron chi connectivity index (χ1n) is 5.47. The van der Waals surface area contributed by atoms with E-state index in [9.17, 15) is 4.79 Å². The van der Waals surface area contributed by atoms with Crippen LogP contribution in [0.2, 0.25) is 0 Å². The summed E-state index contributed by atoms with van der Waals surface area (Å²) in [6, 6.07) is 1.88. The number of hydrogen-bond acceptors (Lipinski definition) is 3. The van der Waals surface area contributed by atoms with Gasteiger partial charge in [-0.25, -0.2) is 4.98 Å². The molecule has 2 heterocycles. The number of carbonyl (C=O) groups excluding carboxylic acids is 1. The second-order valence-electron chi connectivity index (χ2n) is 4.05. The highest BCUT2D eigenvalue weighted by Gasteiger charge is 2.12. The highest BCUT2D eigenvalue weighted by molar-refractivity contribution is 7.07. The van der Waals surface area contributed by atoms with Crippen LogP contribution in [0.5, 0.6) is 0 Å². The van der Waals surface area contributed by atoms with E-state index in [0.29, 0.717) is 6.42 Å². The summed E-state index contributed by atoms with van der Waals surface area (Å²) in [5.74, 6) is 0.811. The average Bonchev–Trinajstić information content (AvgIpc) is 2.89. The molecule has 5 heteroatoms. The van der Waals surface area contributed by atoms with E-state index in [1.54, 1.807) is 17.5 Å². The summed E-state index contributed by atoms with van der Waals surface area (Å²) in [4.78, 5) is 19.1. The van der Waals surface area contributed by atoms with E-state index in [2.05, 4.69) is 15.3 Å². The highest BCUT2D eigenvalue weighted by atomic mass is 32.1. The molecule has 1 amide bonds. The molecule has 0 bridgehead atoms. The van der Waals surface area contributed by atoms with Gasteiger partial charge >= 0.3 is 0 Å². The zero-order valence-electron chi connectivity index (χ0n) is 9.86. The van der Waals surface area contributed by atoms with E-state index in [-0.39, 0.29) is 11.9 Å². The third-order valence-corrected chi connectivity index (χ3v) is 3.19. The molecule has 0 saturated heterocycles. The van der Waals surface area contributed by atoms with Crippen molar-refractivity contribution < 1.29 is 4.79 Å². The lowest BCUT2D eigenvalue weighted by atomic mass is 10.2. The van der Waals surface area contributed by atoms with Crippen LogP contribution in [0.15, 0.2) is 23.0 Å². The number of nitrogens with zero attached hydrogens (tertiary/aromatic N) is 1. The minimum Gasteiger partial charge on any atom is -0.346 e. The molecule has 2 aromatic rings. The van der Waals surface area contributed by atoms with Gasteiger partial charge in [0.2, 0.25) is 5.91 Å². The van der Waals surface area contributed by atoms with Crippen molar-refractivity contribution in [3.05, 3.63) is 40.1 Å². The number of thiophene rings is 1. The zero-order valence-corrected chi connectivity index (χ0v) is 10.7. The Labute approximate surface area is 104 Å². The Hall–Kier alpha value is -1.62. The summed E-state index contributed by atoms with van der Waals surface area (Å²) in [6.45, 7) is 3.86. The van der Waals surface area contributed by atoms with Gasteiger partial charge in [-0.15, -0.1) is 0 Å². The van der Waals surface area contributed by atoms with Gasteiger partial charge in [0.25, 0.3) is 0 Å². The van der Waals surface area contributed by atoms with Crippen LogP contribution in [0, 0.1) is 6.92 Å². The maximum absolute atomic E-state index is 11.8. The van der Waals surface area contributed by atoms with Gasteiger partial charge in [0, 0.05) is 11.9 Å². The fourth-order valence-electron chi connectivity index (χ4n) is 1.59. The predicted octanol–water partition coefficient (Wildman–Crippen LogP) is 2.20. The van der Waals surface area contributed by atoms with Crippen molar-refractivity contribution in [1.29, 1.82) is 0 Å². The number of amides is 1. The van der Waals surface area contributed by atoms with E-state index in [1.165, 1.54) is 0 Å². The molecule has 0 aliphatic carbocycles. The van der Waals surface area contributed by atoms with Crippen LogP contribution < -0.4 is 5.32 Å². The summed E-state index contributed by atoms with van der Waals surface area (Å²) in [5, 5.41) is 6.88. The number of aromatic amines is 1. The number of carbonyl (C=O) groups is 1. The summed E-state index contributed by atoms with van der Waals surface area (Å²) in [7, 11) is 0. The van der Waals surface area contributed by atoms with E-state index >= 15 is 0 Å². The fraction of sp³-hybridized carbons (Fsp3) is 0.333. The highest BCUT2D eigenvalue weighted by Crippen LogP contribution is 2.10. The first-order chi connectivity index (χ1) is 8.15. The predicted molar refractivity (Wildman–Crippen MR) is 67.9 cm³/mol. The van der Waals surface area contributed by atoms with Crippen molar-refractivity contribution in [2.45, 2.75) is 26.3 Å². The van der Waals surface area contributed by atoms with Crippen molar-refractivity contribution in [3.63, 3.8) is 0 Å². The molecule has 17 heavy (non-hydrogen) atoms. The molecule has 0 unspecified atom stereocenters. The molecule has 0 aromatic carbocycles. The van der Waals surface area contributed by atoms with Crippen molar-refractivity contribution in [2.24, 2.45) is 0 Å². The molecule has 0 radical (unpaired) electrons. The summed E-state index contributed by atoms with van der Waals surface area (Å²) < 4.78 is 0. The van der Waals surface area contributed by atoms with Gasteiger partial charge in [0.05, 0.1) is 12.5 Å². The molecule has 0 saturated carbocycles.